The van der Waals surface area contributed by atoms with Crippen LogP contribution in [0.3, 0.4) is 0 Å². The van der Waals surface area contributed by atoms with Crippen LogP contribution in [0.25, 0.3) is 0 Å². The number of hydrogen-bond donors (Lipinski definition) is 1. The van der Waals surface area contributed by atoms with Crippen LogP contribution in [-0.4, -0.2) is 57.9 Å². The minimum absolute atomic E-state index is 0.195. The molecule has 1 aromatic carbocycles. The van der Waals surface area contributed by atoms with Crippen LogP contribution in [0.5, 0.6) is 0 Å². The molecule has 2 heterocycles. The van der Waals surface area contributed by atoms with E-state index in [2.05, 4.69) is 0 Å². The summed E-state index contributed by atoms with van der Waals surface area (Å²) in [6.45, 7) is 2.52. The first kappa shape index (κ1) is 19.3. The van der Waals surface area contributed by atoms with E-state index in [1.807, 2.05) is 0 Å². The van der Waals surface area contributed by atoms with Crippen molar-refractivity contribution >= 4 is 17.8 Å². The minimum atomic E-state index is -1.18. The van der Waals surface area contributed by atoms with Gasteiger partial charge in [-0.25, -0.2) is 13.6 Å². The van der Waals surface area contributed by atoms with E-state index in [1.165, 1.54) is 9.80 Å². The predicted molar refractivity (Wildman–Crippen MR) is 92.0 cm³/mol. The second-order valence-electron chi connectivity index (χ2n) is 7.36. The fraction of sp³-hybridized carbons (Fsp3) is 0.526. The van der Waals surface area contributed by atoms with Gasteiger partial charge < -0.3 is 14.9 Å². The van der Waals surface area contributed by atoms with Gasteiger partial charge in [-0.2, -0.15) is 0 Å². The molecule has 2 aliphatic rings. The molecule has 2 saturated heterocycles. The number of carbonyl (C=O) groups is 3. The number of carbonyl (C=O) groups excluding carboxylic acids is 2. The predicted octanol–water partition coefficient (Wildman–Crippen LogP) is 2.28. The van der Waals surface area contributed by atoms with Crippen LogP contribution >= 0.6 is 0 Å². The lowest BCUT2D eigenvalue weighted by molar-refractivity contribution is -0.157. The number of nitrogens with zero attached hydrogens (tertiary/aromatic N) is 2. The SMILES string of the molecule is CC1(C(=O)O)CCCN1C(=O)C1CCN(C(=O)c2ccc(F)cc2F)CC1. The topological polar surface area (TPSA) is 77.9 Å². The number of halogens is 2. The molecule has 0 saturated carbocycles. The Kier molecular flexibility index (Phi) is 5.17. The summed E-state index contributed by atoms with van der Waals surface area (Å²) in [6, 6.07) is 2.82. The van der Waals surface area contributed by atoms with Gasteiger partial charge in [-0.1, -0.05) is 0 Å². The third-order valence-corrected chi connectivity index (χ3v) is 5.66. The van der Waals surface area contributed by atoms with Gasteiger partial charge in [-0.15, -0.1) is 0 Å². The van der Waals surface area contributed by atoms with Crippen LogP contribution in [0.1, 0.15) is 43.0 Å². The zero-order valence-corrected chi connectivity index (χ0v) is 15.1. The largest absolute Gasteiger partial charge is 0.480 e. The van der Waals surface area contributed by atoms with Crippen molar-refractivity contribution in [1.29, 1.82) is 0 Å². The van der Waals surface area contributed by atoms with E-state index < -0.39 is 29.0 Å². The highest BCUT2D eigenvalue weighted by molar-refractivity contribution is 5.95. The van der Waals surface area contributed by atoms with Crippen molar-refractivity contribution < 1.29 is 28.3 Å². The van der Waals surface area contributed by atoms with Crippen molar-refractivity contribution in [2.45, 2.75) is 38.1 Å². The highest BCUT2D eigenvalue weighted by Gasteiger charge is 2.47. The molecule has 27 heavy (non-hydrogen) atoms. The number of rotatable bonds is 3. The fourth-order valence-corrected chi connectivity index (χ4v) is 3.92. The zero-order chi connectivity index (χ0) is 19.8. The molecular weight excluding hydrogens is 358 g/mol. The quantitative estimate of drug-likeness (QED) is 0.873. The van der Waals surface area contributed by atoms with Gasteiger partial charge >= 0.3 is 5.97 Å². The molecule has 2 fully saturated rings. The van der Waals surface area contributed by atoms with Crippen molar-refractivity contribution in [3.05, 3.63) is 35.4 Å². The van der Waals surface area contributed by atoms with E-state index in [0.29, 0.717) is 38.3 Å². The first-order valence-electron chi connectivity index (χ1n) is 9.03. The minimum Gasteiger partial charge on any atom is -0.480 e. The molecule has 1 unspecified atom stereocenters. The van der Waals surface area contributed by atoms with Crippen LogP contribution in [0.2, 0.25) is 0 Å². The van der Waals surface area contributed by atoms with Crippen LogP contribution in [0.4, 0.5) is 8.78 Å². The van der Waals surface area contributed by atoms with E-state index in [-0.39, 0.29) is 30.5 Å². The summed E-state index contributed by atoms with van der Waals surface area (Å²) < 4.78 is 26.8. The molecule has 8 heteroatoms. The average Bonchev–Trinajstić information content (AvgIpc) is 3.04. The van der Waals surface area contributed by atoms with Gasteiger partial charge in [-0.05, 0) is 44.7 Å². The second-order valence-corrected chi connectivity index (χ2v) is 7.36. The summed E-state index contributed by atoms with van der Waals surface area (Å²) in [7, 11) is 0. The first-order valence-corrected chi connectivity index (χ1v) is 9.03. The van der Waals surface area contributed by atoms with Crippen molar-refractivity contribution in [1.82, 2.24) is 9.80 Å². The molecule has 0 spiro atoms. The molecule has 1 atom stereocenters. The zero-order valence-electron chi connectivity index (χ0n) is 15.1. The first-order chi connectivity index (χ1) is 12.7. The Balaban J connectivity index is 1.64. The molecule has 6 nitrogen and oxygen atoms in total. The van der Waals surface area contributed by atoms with Crippen molar-refractivity contribution in [3.8, 4) is 0 Å². The molecule has 0 aromatic heterocycles. The van der Waals surface area contributed by atoms with Gasteiger partial charge in [0.15, 0.2) is 0 Å². The molecule has 2 aliphatic heterocycles. The summed E-state index contributed by atoms with van der Waals surface area (Å²) in [4.78, 5) is 39.7. The number of piperidine rings is 1. The Morgan fingerprint density at radius 3 is 2.41 bits per heavy atom. The Hall–Kier alpha value is -2.51. The van der Waals surface area contributed by atoms with Crippen LogP contribution in [0.15, 0.2) is 18.2 Å². The normalized spacial score (nSPS) is 23.5. The number of aliphatic carboxylic acids is 1. The molecule has 1 N–H and O–H groups in total. The second kappa shape index (κ2) is 7.25. The number of amides is 2. The summed E-state index contributed by atoms with van der Waals surface area (Å²) >= 11 is 0. The number of hydrogen-bond acceptors (Lipinski definition) is 3. The molecule has 146 valence electrons. The van der Waals surface area contributed by atoms with Gasteiger partial charge in [-0.3, -0.25) is 9.59 Å². The Morgan fingerprint density at radius 2 is 1.81 bits per heavy atom. The number of benzene rings is 1. The van der Waals surface area contributed by atoms with E-state index >= 15 is 0 Å². The lowest BCUT2D eigenvalue weighted by atomic mass is 9.92. The van der Waals surface area contributed by atoms with E-state index in [1.54, 1.807) is 6.92 Å². The third-order valence-electron chi connectivity index (χ3n) is 5.66. The maximum Gasteiger partial charge on any atom is 0.329 e. The van der Waals surface area contributed by atoms with Crippen LogP contribution < -0.4 is 0 Å². The van der Waals surface area contributed by atoms with E-state index in [9.17, 15) is 28.3 Å². The van der Waals surface area contributed by atoms with Crippen molar-refractivity contribution in [2.24, 2.45) is 5.92 Å². The van der Waals surface area contributed by atoms with Crippen molar-refractivity contribution in [3.63, 3.8) is 0 Å². The summed E-state index contributed by atoms with van der Waals surface area (Å²) in [5, 5.41) is 9.47. The lowest BCUT2D eigenvalue weighted by Gasteiger charge is -2.37. The lowest BCUT2D eigenvalue weighted by Crippen LogP contribution is -2.54. The maximum atomic E-state index is 13.8. The van der Waals surface area contributed by atoms with Gasteiger partial charge in [0.25, 0.3) is 5.91 Å². The molecular formula is C19H22F2N2O4. The van der Waals surface area contributed by atoms with Gasteiger partial charge in [0.1, 0.15) is 17.2 Å². The third kappa shape index (κ3) is 3.52. The maximum absolute atomic E-state index is 13.8. The average molecular weight is 380 g/mol. The molecule has 0 aliphatic carbocycles. The van der Waals surface area contributed by atoms with Crippen LogP contribution in [-0.2, 0) is 9.59 Å². The summed E-state index contributed by atoms with van der Waals surface area (Å²) in [5.74, 6) is -3.75. The highest BCUT2D eigenvalue weighted by Crippen LogP contribution is 2.33. The Morgan fingerprint density at radius 1 is 1.15 bits per heavy atom. The fourth-order valence-electron chi connectivity index (χ4n) is 3.92. The smallest absolute Gasteiger partial charge is 0.329 e. The summed E-state index contributed by atoms with van der Waals surface area (Å²) in [6.07, 6.45) is 1.85. The highest BCUT2D eigenvalue weighted by atomic mass is 19.1. The molecule has 3 rings (SSSR count). The van der Waals surface area contributed by atoms with Crippen molar-refractivity contribution in [2.75, 3.05) is 19.6 Å². The van der Waals surface area contributed by atoms with Gasteiger partial charge in [0, 0.05) is 31.6 Å². The Bertz CT molecular complexity index is 777. The van der Waals surface area contributed by atoms with Gasteiger partial charge in [0.05, 0.1) is 5.56 Å². The monoisotopic (exact) mass is 380 g/mol. The standard InChI is InChI=1S/C19H22F2N2O4/c1-19(18(26)27)7-2-8-23(19)16(24)12-5-9-22(10-6-12)17(25)14-4-3-13(20)11-15(14)21/h3-4,11-12H,2,5-10H2,1H3,(H,26,27). The molecule has 0 bridgehead atoms. The van der Waals surface area contributed by atoms with Crippen LogP contribution in [0, 0.1) is 17.6 Å². The Labute approximate surface area is 155 Å². The van der Waals surface area contributed by atoms with Gasteiger partial charge in [0.2, 0.25) is 5.91 Å². The molecule has 1 aromatic rings. The summed E-state index contributed by atoms with van der Waals surface area (Å²) in [5.41, 5.74) is -1.37. The number of carboxylic acid groups (broad SMARTS) is 1. The molecule has 2 amide bonds. The van der Waals surface area contributed by atoms with E-state index in [4.69, 9.17) is 0 Å². The molecule has 0 radical (unpaired) electrons. The van der Waals surface area contributed by atoms with E-state index in [0.717, 1.165) is 12.1 Å². The number of carboxylic acids is 1. The number of likely N-dealkylation sites (tertiary alicyclic amines) is 2.